The average Bonchev–Trinajstić information content (AvgIpc) is 2.20. The van der Waals surface area contributed by atoms with Crippen LogP contribution >= 0.6 is 0 Å². The van der Waals surface area contributed by atoms with Gasteiger partial charge in [-0.15, -0.1) is 0 Å². The van der Waals surface area contributed by atoms with Gasteiger partial charge in [0.15, 0.2) is 0 Å². The molecule has 1 unspecified atom stereocenters. The number of pyridine rings is 1. The lowest BCUT2D eigenvalue weighted by molar-refractivity contribution is 0.527. The molecule has 6 heteroatoms. The first-order chi connectivity index (χ1) is 7.44. The molecular formula is C10H17N3O2S. The van der Waals surface area contributed by atoms with E-state index < -0.39 is 9.84 Å². The summed E-state index contributed by atoms with van der Waals surface area (Å²) in [5.74, 6) is 5.54. The SMILES string of the molecule is Cc1ncccc1C(CCS(C)(=O)=O)NN. The molecule has 0 aliphatic heterocycles. The van der Waals surface area contributed by atoms with E-state index in [4.69, 9.17) is 5.84 Å². The highest BCUT2D eigenvalue weighted by Crippen LogP contribution is 2.18. The van der Waals surface area contributed by atoms with Crippen LogP contribution in [0.2, 0.25) is 0 Å². The van der Waals surface area contributed by atoms with E-state index in [-0.39, 0.29) is 11.8 Å². The third kappa shape index (κ3) is 3.88. The van der Waals surface area contributed by atoms with Crippen molar-refractivity contribution in [2.45, 2.75) is 19.4 Å². The maximum absolute atomic E-state index is 11.1. The van der Waals surface area contributed by atoms with Gasteiger partial charge in [-0.2, -0.15) is 0 Å². The molecule has 0 radical (unpaired) electrons. The molecule has 0 saturated heterocycles. The Morgan fingerprint density at radius 3 is 2.75 bits per heavy atom. The highest BCUT2D eigenvalue weighted by Gasteiger charge is 2.14. The summed E-state index contributed by atoms with van der Waals surface area (Å²) in [7, 11) is -2.97. The van der Waals surface area contributed by atoms with E-state index in [9.17, 15) is 8.42 Å². The lowest BCUT2D eigenvalue weighted by Gasteiger charge is -2.17. The minimum absolute atomic E-state index is 0.107. The minimum Gasteiger partial charge on any atom is -0.271 e. The third-order valence-electron chi connectivity index (χ3n) is 2.40. The van der Waals surface area contributed by atoms with Crippen molar-refractivity contribution in [1.82, 2.24) is 10.4 Å². The zero-order valence-electron chi connectivity index (χ0n) is 9.47. The van der Waals surface area contributed by atoms with Gasteiger partial charge in [0.05, 0.1) is 5.75 Å². The van der Waals surface area contributed by atoms with Crippen molar-refractivity contribution in [3.05, 3.63) is 29.6 Å². The van der Waals surface area contributed by atoms with E-state index in [2.05, 4.69) is 10.4 Å². The molecule has 0 fully saturated rings. The molecule has 3 N–H and O–H groups in total. The lowest BCUT2D eigenvalue weighted by Crippen LogP contribution is -2.30. The molecule has 16 heavy (non-hydrogen) atoms. The molecule has 0 amide bonds. The van der Waals surface area contributed by atoms with Gasteiger partial charge in [-0.25, -0.2) is 8.42 Å². The topological polar surface area (TPSA) is 85.1 Å². The maximum atomic E-state index is 11.1. The number of nitrogens with one attached hydrogen (secondary N) is 1. The summed E-state index contributed by atoms with van der Waals surface area (Å²) in [6.07, 6.45) is 3.36. The summed E-state index contributed by atoms with van der Waals surface area (Å²) in [5.41, 5.74) is 4.43. The largest absolute Gasteiger partial charge is 0.271 e. The molecule has 0 aliphatic carbocycles. The summed E-state index contributed by atoms with van der Waals surface area (Å²) in [6, 6.07) is 3.53. The number of nitrogens with two attached hydrogens (primary N) is 1. The summed E-state index contributed by atoms with van der Waals surface area (Å²) >= 11 is 0. The Morgan fingerprint density at radius 1 is 1.56 bits per heavy atom. The van der Waals surface area contributed by atoms with Crippen LogP contribution in [0.25, 0.3) is 0 Å². The van der Waals surface area contributed by atoms with Crippen molar-refractivity contribution in [1.29, 1.82) is 0 Å². The van der Waals surface area contributed by atoms with E-state index in [0.717, 1.165) is 11.3 Å². The lowest BCUT2D eigenvalue weighted by atomic mass is 10.0. The van der Waals surface area contributed by atoms with Gasteiger partial charge >= 0.3 is 0 Å². The normalized spacial score (nSPS) is 13.7. The van der Waals surface area contributed by atoms with Gasteiger partial charge in [-0.1, -0.05) is 6.07 Å². The van der Waals surface area contributed by atoms with E-state index >= 15 is 0 Å². The number of aromatic nitrogens is 1. The van der Waals surface area contributed by atoms with Crippen LogP contribution < -0.4 is 11.3 Å². The standard InChI is InChI=1S/C10H17N3O2S/c1-8-9(4-3-6-12-8)10(13-11)5-7-16(2,14)15/h3-4,6,10,13H,5,7,11H2,1-2H3. The van der Waals surface area contributed by atoms with Crippen molar-refractivity contribution in [2.75, 3.05) is 12.0 Å². The number of hydrogen-bond donors (Lipinski definition) is 2. The van der Waals surface area contributed by atoms with Gasteiger partial charge in [0.2, 0.25) is 0 Å². The number of hydrazine groups is 1. The molecule has 0 aliphatic rings. The molecule has 90 valence electrons. The van der Waals surface area contributed by atoms with Gasteiger partial charge in [-0.3, -0.25) is 16.3 Å². The van der Waals surface area contributed by atoms with Crippen LogP contribution in [-0.2, 0) is 9.84 Å². The van der Waals surface area contributed by atoms with E-state index in [1.165, 1.54) is 6.26 Å². The monoisotopic (exact) mass is 243 g/mol. The highest BCUT2D eigenvalue weighted by atomic mass is 32.2. The summed E-state index contributed by atoms with van der Waals surface area (Å²) in [5, 5.41) is 0. The van der Waals surface area contributed by atoms with E-state index in [0.29, 0.717) is 6.42 Å². The fourth-order valence-corrected chi connectivity index (χ4v) is 2.19. The Bertz CT molecular complexity index is 445. The van der Waals surface area contributed by atoms with Crippen molar-refractivity contribution < 1.29 is 8.42 Å². The molecule has 0 saturated carbocycles. The number of nitrogens with zero attached hydrogens (tertiary/aromatic N) is 1. The van der Waals surface area contributed by atoms with Gasteiger partial charge in [-0.05, 0) is 25.0 Å². The second kappa shape index (κ2) is 5.38. The first-order valence-corrected chi connectivity index (χ1v) is 7.05. The van der Waals surface area contributed by atoms with Crippen molar-refractivity contribution >= 4 is 9.84 Å². The quantitative estimate of drug-likeness (QED) is 0.575. The van der Waals surface area contributed by atoms with Crippen LogP contribution in [0.15, 0.2) is 18.3 Å². The van der Waals surface area contributed by atoms with Crippen LogP contribution in [0, 0.1) is 6.92 Å². The van der Waals surface area contributed by atoms with Gasteiger partial charge < -0.3 is 0 Å². The predicted octanol–water partition coefficient (Wildman–Crippen LogP) is 0.329. The van der Waals surface area contributed by atoms with Crippen molar-refractivity contribution in [2.24, 2.45) is 5.84 Å². The van der Waals surface area contributed by atoms with Crippen molar-refractivity contribution in [3.63, 3.8) is 0 Å². The molecule has 1 aromatic rings. The Kier molecular flexibility index (Phi) is 4.40. The third-order valence-corrected chi connectivity index (χ3v) is 3.38. The smallest absolute Gasteiger partial charge is 0.147 e. The Morgan fingerprint density at radius 2 is 2.25 bits per heavy atom. The zero-order valence-corrected chi connectivity index (χ0v) is 10.3. The Labute approximate surface area is 96.0 Å². The Balaban J connectivity index is 2.79. The molecule has 5 nitrogen and oxygen atoms in total. The summed E-state index contributed by atoms with van der Waals surface area (Å²) in [4.78, 5) is 4.15. The fourth-order valence-electron chi connectivity index (χ4n) is 1.53. The molecule has 0 aromatic carbocycles. The maximum Gasteiger partial charge on any atom is 0.147 e. The molecule has 1 rings (SSSR count). The van der Waals surface area contributed by atoms with Crippen LogP contribution in [0.3, 0.4) is 0 Å². The first-order valence-electron chi connectivity index (χ1n) is 4.99. The number of aryl methyl sites for hydroxylation is 1. The highest BCUT2D eigenvalue weighted by molar-refractivity contribution is 7.90. The van der Waals surface area contributed by atoms with Crippen LogP contribution in [0.5, 0.6) is 0 Å². The molecule has 1 atom stereocenters. The molecular weight excluding hydrogens is 226 g/mol. The molecule has 1 aromatic heterocycles. The second-order valence-electron chi connectivity index (χ2n) is 3.82. The van der Waals surface area contributed by atoms with Crippen molar-refractivity contribution in [3.8, 4) is 0 Å². The van der Waals surface area contributed by atoms with Crippen LogP contribution in [-0.4, -0.2) is 25.4 Å². The Hall–Kier alpha value is -0.980. The number of rotatable bonds is 5. The van der Waals surface area contributed by atoms with E-state index in [1.807, 2.05) is 19.1 Å². The zero-order chi connectivity index (χ0) is 12.2. The van der Waals surface area contributed by atoms with E-state index in [1.54, 1.807) is 6.20 Å². The number of hydrogen-bond acceptors (Lipinski definition) is 5. The van der Waals surface area contributed by atoms with Crippen LogP contribution in [0.4, 0.5) is 0 Å². The first kappa shape index (κ1) is 13.1. The second-order valence-corrected chi connectivity index (χ2v) is 6.08. The molecule has 0 spiro atoms. The molecule has 0 bridgehead atoms. The fraction of sp³-hybridized carbons (Fsp3) is 0.500. The summed E-state index contributed by atoms with van der Waals surface area (Å²) in [6.45, 7) is 1.88. The molecule has 1 heterocycles. The summed E-state index contributed by atoms with van der Waals surface area (Å²) < 4.78 is 22.2. The minimum atomic E-state index is -2.97. The van der Waals surface area contributed by atoms with Gasteiger partial charge in [0, 0.05) is 24.2 Å². The van der Waals surface area contributed by atoms with Gasteiger partial charge in [0.25, 0.3) is 0 Å². The van der Waals surface area contributed by atoms with Gasteiger partial charge in [0.1, 0.15) is 9.84 Å². The average molecular weight is 243 g/mol. The predicted molar refractivity (Wildman–Crippen MR) is 63.4 cm³/mol. The number of sulfone groups is 1. The van der Waals surface area contributed by atoms with Crippen LogP contribution in [0.1, 0.15) is 23.7 Å².